The number of nitrogen functional groups attached to an aromatic ring is 1. The highest BCUT2D eigenvalue weighted by Gasteiger charge is 2.25. The molecule has 1 saturated heterocycles. The molecule has 2 amide bonds. The van der Waals surface area contributed by atoms with Crippen LogP contribution < -0.4 is 21.7 Å². The molecule has 1 atom stereocenters. The van der Waals surface area contributed by atoms with Gasteiger partial charge in [-0.05, 0) is 36.4 Å². The molecular formula is C18H20N4O3. The van der Waals surface area contributed by atoms with Gasteiger partial charge in [-0.1, -0.05) is 12.1 Å². The third-order valence-corrected chi connectivity index (χ3v) is 4.13. The van der Waals surface area contributed by atoms with E-state index in [0.29, 0.717) is 23.5 Å². The van der Waals surface area contributed by atoms with Crippen molar-refractivity contribution in [2.45, 2.75) is 12.5 Å². The lowest BCUT2D eigenvalue weighted by Gasteiger charge is -2.18. The van der Waals surface area contributed by atoms with Crippen molar-refractivity contribution in [1.29, 1.82) is 0 Å². The molecule has 25 heavy (non-hydrogen) atoms. The van der Waals surface area contributed by atoms with Crippen LogP contribution in [0, 0.1) is 0 Å². The van der Waals surface area contributed by atoms with Crippen LogP contribution in [0.25, 0.3) is 0 Å². The largest absolute Gasteiger partial charge is 0.444 e. The van der Waals surface area contributed by atoms with E-state index in [-0.39, 0.29) is 12.0 Å². The van der Waals surface area contributed by atoms with E-state index >= 15 is 0 Å². The van der Waals surface area contributed by atoms with Crippen molar-refractivity contribution in [3.63, 3.8) is 0 Å². The predicted molar refractivity (Wildman–Crippen MR) is 96.5 cm³/mol. The normalized spacial score (nSPS) is 16.5. The summed E-state index contributed by atoms with van der Waals surface area (Å²) in [6.45, 7) is 1.36. The number of rotatable bonds is 4. The van der Waals surface area contributed by atoms with Crippen LogP contribution in [0.1, 0.15) is 16.8 Å². The molecule has 5 N–H and O–H groups in total. The van der Waals surface area contributed by atoms with Crippen LogP contribution >= 0.6 is 0 Å². The lowest BCUT2D eigenvalue weighted by Crippen LogP contribution is -2.27. The summed E-state index contributed by atoms with van der Waals surface area (Å²) in [5.41, 5.74) is 13.5. The molecule has 2 aromatic carbocycles. The maximum absolute atomic E-state index is 12.3. The number of para-hydroxylation sites is 2. The van der Waals surface area contributed by atoms with Crippen LogP contribution in [-0.4, -0.2) is 31.2 Å². The van der Waals surface area contributed by atoms with Crippen LogP contribution in [0.15, 0.2) is 48.5 Å². The molecule has 0 radical (unpaired) electrons. The summed E-state index contributed by atoms with van der Waals surface area (Å²) in [4.78, 5) is 25.2. The van der Waals surface area contributed by atoms with E-state index in [4.69, 9.17) is 16.2 Å². The van der Waals surface area contributed by atoms with Gasteiger partial charge >= 0.3 is 6.09 Å². The fourth-order valence-corrected chi connectivity index (χ4v) is 2.85. The average molecular weight is 340 g/mol. The molecule has 3 rings (SSSR count). The van der Waals surface area contributed by atoms with Crippen molar-refractivity contribution in [1.82, 2.24) is 0 Å². The van der Waals surface area contributed by atoms with E-state index in [1.54, 1.807) is 24.3 Å². The molecule has 7 heteroatoms. The SMILES string of the molecule is NC(=O)OC1CCN(c2ccc(C(=O)Nc3ccccc3N)cc2)C1. The Kier molecular flexibility index (Phi) is 4.74. The Morgan fingerprint density at radius 1 is 1.12 bits per heavy atom. The number of benzene rings is 2. The standard InChI is InChI=1S/C18H20N4O3/c19-15-3-1-2-4-16(15)21-17(23)12-5-7-13(8-6-12)22-10-9-14(11-22)25-18(20)24/h1-8,14H,9-11,19H2,(H2,20,24)(H,21,23). The molecule has 1 heterocycles. The second-order valence-corrected chi connectivity index (χ2v) is 5.88. The third kappa shape index (κ3) is 4.00. The van der Waals surface area contributed by atoms with Crippen LogP contribution in [-0.2, 0) is 4.74 Å². The first-order chi connectivity index (χ1) is 12.0. The van der Waals surface area contributed by atoms with Gasteiger partial charge < -0.3 is 26.4 Å². The van der Waals surface area contributed by atoms with E-state index in [2.05, 4.69) is 10.2 Å². The van der Waals surface area contributed by atoms with Crippen LogP contribution in [0.2, 0.25) is 0 Å². The number of primary amides is 1. The lowest BCUT2D eigenvalue weighted by molar-refractivity contribution is 0.102. The summed E-state index contributed by atoms with van der Waals surface area (Å²) in [5, 5.41) is 2.80. The van der Waals surface area contributed by atoms with E-state index in [0.717, 1.165) is 18.7 Å². The van der Waals surface area contributed by atoms with Gasteiger partial charge in [0.2, 0.25) is 0 Å². The van der Waals surface area contributed by atoms with Gasteiger partial charge in [-0.2, -0.15) is 0 Å². The van der Waals surface area contributed by atoms with Gasteiger partial charge in [0, 0.05) is 24.2 Å². The van der Waals surface area contributed by atoms with Crippen molar-refractivity contribution in [3.05, 3.63) is 54.1 Å². The van der Waals surface area contributed by atoms with Crippen molar-refractivity contribution in [2.75, 3.05) is 29.0 Å². The van der Waals surface area contributed by atoms with E-state index < -0.39 is 6.09 Å². The monoisotopic (exact) mass is 340 g/mol. The summed E-state index contributed by atoms with van der Waals surface area (Å²) in [6.07, 6.45) is -0.209. The summed E-state index contributed by atoms with van der Waals surface area (Å²) in [6, 6.07) is 14.4. The molecule has 7 nitrogen and oxygen atoms in total. The first-order valence-corrected chi connectivity index (χ1v) is 8.00. The number of amides is 2. The molecule has 1 aliphatic heterocycles. The van der Waals surface area contributed by atoms with Gasteiger partial charge in [-0.25, -0.2) is 4.79 Å². The summed E-state index contributed by atoms with van der Waals surface area (Å²) < 4.78 is 5.02. The Labute approximate surface area is 145 Å². The fourth-order valence-electron chi connectivity index (χ4n) is 2.85. The number of hydrogen-bond acceptors (Lipinski definition) is 5. The third-order valence-electron chi connectivity index (χ3n) is 4.13. The van der Waals surface area contributed by atoms with E-state index in [9.17, 15) is 9.59 Å². The van der Waals surface area contributed by atoms with Crippen LogP contribution in [0.3, 0.4) is 0 Å². The molecular weight excluding hydrogens is 320 g/mol. The summed E-state index contributed by atoms with van der Waals surface area (Å²) in [5.74, 6) is -0.221. The number of nitrogens with two attached hydrogens (primary N) is 2. The minimum Gasteiger partial charge on any atom is -0.444 e. The zero-order chi connectivity index (χ0) is 17.8. The number of nitrogens with zero attached hydrogens (tertiary/aromatic N) is 1. The Hall–Kier alpha value is -3.22. The summed E-state index contributed by atoms with van der Waals surface area (Å²) >= 11 is 0. The molecule has 0 spiro atoms. The second-order valence-electron chi connectivity index (χ2n) is 5.88. The summed E-state index contributed by atoms with van der Waals surface area (Å²) in [7, 11) is 0. The van der Waals surface area contributed by atoms with Gasteiger partial charge in [0.05, 0.1) is 17.9 Å². The Bertz CT molecular complexity index is 776. The fraction of sp³-hybridized carbons (Fsp3) is 0.222. The quantitative estimate of drug-likeness (QED) is 0.739. The molecule has 1 unspecified atom stereocenters. The highest BCUT2D eigenvalue weighted by Crippen LogP contribution is 2.23. The molecule has 0 aliphatic carbocycles. The van der Waals surface area contributed by atoms with Crippen molar-refractivity contribution in [3.8, 4) is 0 Å². The first-order valence-electron chi connectivity index (χ1n) is 8.00. The van der Waals surface area contributed by atoms with Crippen molar-refractivity contribution >= 4 is 29.1 Å². The molecule has 0 saturated carbocycles. The van der Waals surface area contributed by atoms with Gasteiger partial charge in [0.1, 0.15) is 6.10 Å². The Morgan fingerprint density at radius 2 is 1.84 bits per heavy atom. The molecule has 1 aliphatic rings. The van der Waals surface area contributed by atoms with Crippen molar-refractivity contribution < 1.29 is 14.3 Å². The molecule has 0 aromatic heterocycles. The minimum atomic E-state index is -0.751. The van der Waals surface area contributed by atoms with Gasteiger partial charge in [0.25, 0.3) is 5.91 Å². The Morgan fingerprint density at radius 3 is 2.52 bits per heavy atom. The zero-order valence-corrected chi connectivity index (χ0v) is 13.6. The first kappa shape index (κ1) is 16.6. The second kappa shape index (κ2) is 7.12. The molecule has 2 aromatic rings. The van der Waals surface area contributed by atoms with Gasteiger partial charge in [-0.15, -0.1) is 0 Å². The van der Waals surface area contributed by atoms with Crippen LogP contribution in [0.5, 0.6) is 0 Å². The van der Waals surface area contributed by atoms with Crippen LogP contribution in [0.4, 0.5) is 21.9 Å². The number of hydrogen-bond donors (Lipinski definition) is 3. The average Bonchev–Trinajstić information content (AvgIpc) is 3.05. The van der Waals surface area contributed by atoms with E-state index in [1.807, 2.05) is 24.3 Å². The van der Waals surface area contributed by atoms with Gasteiger partial charge in [0.15, 0.2) is 0 Å². The number of carbonyl (C=O) groups excluding carboxylic acids is 2. The lowest BCUT2D eigenvalue weighted by atomic mass is 10.1. The topological polar surface area (TPSA) is 111 Å². The highest BCUT2D eigenvalue weighted by molar-refractivity contribution is 6.05. The Balaban J connectivity index is 1.63. The smallest absolute Gasteiger partial charge is 0.404 e. The molecule has 0 bridgehead atoms. The number of nitrogens with one attached hydrogen (secondary N) is 1. The zero-order valence-electron chi connectivity index (χ0n) is 13.6. The maximum atomic E-state index is 12.3. The van der Waals surface area contributed by atoms with Gasteiger partial charge in [-0.3, -0.25) is 4.79 Å². The highest BCUT2D eigenvalue weighted by atomic mass is 16.6. The number of anilines is 3. The maximum Gasteiger partial charge on any atom is 0.404 e. The number of carbonyl (C=O) groups is 2. The van der Waals surface area contributed by atoms with Crippen molar-refractivity contribution in [2.24, 2.45) is 5.73 Å². The molecule has 130 valence electrons. The minimum absolute atomic E-state index is 0.193. The van der Waals surface area contributed by atoms with E-state index in [1.165, 1.54) is 0 Å². The predicted octanol–water partition coefficient (Wildman–Crippen LogP) is 2.20. The molecule has 1 fully saturated rings. The number of ether oxygens (including phenoxy) is 1.